The molecule has 0 bridgehead atoms. The number of hydrogen-bond donors (Lipinski definition) is 2. The van der Waals surface area contributed by atoms with Crippen LogP contribution >= 0.6 is 0 Å². The van der Waals surface area contributed by atoms with Crippen molar-refractivity contribution < 1.29 is 19.1 Å². The van der Waals surface area contributed by atoms with Crippen LogP contribution in [0.25, 0.3) is 0 Å². The summed E-state index contributed by atoms with van der Waals surface area (Å²) in [5.41, 5.74) is 0.891. The third-order valence-corrected chi connectivity index (χ3v) is 3.08. The summed E-state index contributed by atoms with van der Waals surface area (Å²) in [6.07, 6.45) is 0.129. The number of rotatable bonds is 5. The Morgan fingerprint density at radius 1 is 1.38 bits per heavy atom. The van der Waals surface area contributed by atoms with Crippen LogP contribution in [0, 0.1) is 6.61 Å². The Morgan fingerprint density at radius 3 is 2.81 bits per heavy atom. The second-order valence-electron chi connectivity index (χ2n) is 4.84. The Labute approximate surface area is 123 Å². The molecule has 1 saturated heterocycles. The summed E-state index contributed by atoms with van der Waals surface area (Å²) in [6.45, 7) is 3.98. The van der Waals surface area contributed by atoms with Gasteiger partial charge in [0.05, 0.1) is 6.04 Å². The summed E-state index contributed by atoms with van der Waals surface area (Å²) in [4.78, 5) is 23.5. The topological polar surface area (TPSA) is 76.7 Å². The average Bonchev–Trinajstić information content (AvgIpc) is 2.99. The summed E-state index contributed by atoms with van der Waals surface area (Å²) in [7, 11) is 0. The van der Waals surface area contributed by atoms with Gasteiger partial charge < -0.3 is 20.1 Å². The number of nitrogens with one attached hydrogen (secondary N) is 2. The van der Waals surface area contributed by atoms with Gasteiger partial charge in [0.25, 0.3) is 0 Å². The van der Waals surface area contributed by atoms with Crippen molar-refractivity contribution in [3.63, 3.8) is 0 Å². The van der Waals surface area contributed by atoms with Crippen LogP contribution in [0.5, 0.6) is 0 Å². The molecule has 6 heteroatoms. The minimum absolute atomic E-state index is 0.0953. The molecule has 0 unspecified atom stereocenters. The first kappa shape index (κ1) is 15.3. The molecular weight excluding hydrogens is 272 g/mol. The van der Waals surface area contributed by atoms with Gasteiger partial charge in [-0.1, -0.05) is 30.3 Å². The minimum Gasteiger partial charge on any atom is -0.445 e. The van der Waals surface area contributed by atoms with E-state index in [4.69, 9.17) is 9.47 Å². The summed E-state index contributed by atoms with van der Waals surface area (Å²) in [5.74, 6) is -0.265. The van der Waals surface area contributed by atoms with E-state index in [1.165, 1.54) is 0 Å². The molecule has 1 fully saturated rings. The van der Waals surface area contributed by atoms with Crippen LogP contribution in [0.2, 0.25) is 0 Å². The number of benzene rings is 1. The third-order valence-electron chi connectivity index (χ3n) is 3.08. The first-order valence-corrected chi connectivity index (χ1v) is 6.87. The largest absolute Gasteiger partial charge is 0.445 e. The Balaban J connectivity index is 1.69. The molecule has 113 valence electrons. The lowest BCUT2D eigenvalue weighted by atomic mass is 10.2. The molecular formula is C15H19N2O4. The predicted octanol–water partition coefficient (Wildman–Crippen LogP) is 1.37. The monoisotopic (exact) mass is 291 g/mol. The van der Waals surface area contributed by atoms with E-state index >= 15 is 0 Å². The highest BCUT2D eigenvalue weighted by Crippen LogP contribution is 2.08. The molecule has 1 aromatic carbocycles. The van der Waals surface area contributed by atoms with Gasteiger partial charge in [-0.05, 0) is 18.9 Å². The second-order valence-corrected chi connectivity index (χ2v) is 4.84. The van der Waals surface area contributed by atoms with E-state index in [0.29, 0.717) is 6.61 Å². The first-order chi connectivity index (χ1) is 10.1. The van der Waals surface area contributed by atoms with E-state index < -0.39 is 12.1 Å². The summed E-state index contributed by atoms with van der Waals surface area (Å²) < 4.78 is 10.1. The Morgan fingerprint density at radius 2 is 2.14 bits per heavy atom. The minimum atomic E-state index is -0.665. The molecule has 1 aromatic rings. The van der Waals surface area contributed by atoms with Gasteiger partial charge in [0.1, 0.15) is 19.3 Å². The van der Waals surface area contributed by atoms with Crippen molar-refractivity contribution in [1.82, 2.24) is 10.6 Å². The maximum Gasteiger partial charge on any atom is 0.408 e. The molecule has 0 aliphatic carbocycles. The van der Waals surface area contributed by atoms with Crippen LogP contribution in [0.15, 0.2) is 30.3 Å². The normalized spacial score (nSPS) is 18.8. The number of ether oxygens (including phenoxy) is 2. The average molecular weight is 291 g/mol. The molecule has 0 aromatic heterocycles. The fraction of sp³-hybridized carbons (Fsp3) is 0.400. The van der Waals surface area contributed by atoms with E-state index in [1.54, 1.807) is 13.5 Å². The van der Waals surface area contributed by atoms with Crippen molar-refractivity contribution in [3.8, 4) is 0 Å². The fourth-order valence-corrected chi connectivity index (χ4v) is 1.87. The SMILES string of the molecule is C[C@H](NC(=O)OCc1ccccc1)C(=O)N[C@@H]1[CH]OCC1. The third kappa shape index (κ3) is 5.07. The Hall–Kier alpha value is -2.08. The van der Waals surface area contributed by atoms with Gasteiger partial charge in [0, 0.05) is 6.61 Å². The number of alkyl carbamates (subject to hydrolysis) is 1. The first-order valence-electron chi connectivity index (χ1n) is 6.87. The van der Waals surface area contributed by atoms with Crippen LogP contribution in [0.3, 0.4) is 0 Å². The van der Waals surface area contributed by atoms with Crippen LogP contribution < -0.4 is 10.6 Å². The number of hydrogen-bond acceptors (Lipinski definition) is 4. The lowest BCUT2D eigenvalue weighted by Gasteiger charge is -2.16. The Bertz CT molecular complexity index is 472. The number of carbonyl (C=O) groups excluding carboxylic acids is 2. The zero-order valence-corrected chi connectivity index (χ0v) is 11.9. The van der Waals surface area contributed by atoms with E-state index in [9.17, 15) is 9.59 Å². The smallest absolute Gasteiger partial charge is 0.408 e. The van der Waals surface area contributed by atoms with E-state index in [-0.39, 0.29) is 18.6 Å². The van der Waals surface area contributed by atoms with Crippen LogP contribution in [-0.2, 0) is 20.9 Å². The molecule has 0 saturated carbocycles. The summed E-state index contributed by atoms with van der Waals surface area (Å²) in [6, 6.07) is 8.59. The van der Waals surface area contributed by atoms with Crippen LogP contribution in [-0.4, -0.2) is 30.7 Å². The highest BCUT2D eigenvalue weighted by atomic mass is 16.5. The van der Waals surface area contributed by atoms with Gasteiger partial charge in [-0.3, -0.25) is 4.79 Å². The standard InChI is InChI=1S/C15H19N2O4/c1-11(14(18)17-13-7-8-20-10-13)16-15(19)21-9-12-5-3-2-4-6-12/h2-6,10-11,13H,7-9H2,1H3,(H,16,19)(H,17,18)/t11-,13-/m0/s1. The molecule has 1 heterocycles. The van der Waals surface area contributed by atoms with Crippen molar-refractivity contribution in [3.05, 3.63) is 42.5 Å². The van der Waals surface area contributed by atoms with Crippen LogP contribution in [0.1, 0.15) is 18.9 Å². The van der Waals surface area contributed by atoms with Crippen molar-refractivity contribution in [2.75, 3.05) is 6.61 Å². The van der Waals surface area contributed by atoms with Crippen molar-refractivity contribution in [2.24, 2.45) is 0 Å². The highest BCUT2D eigenvalue weighted by Gasteiger charge is 2.22. The van der Waals surface area contributed by atoms with Crippen LogP contribution in [0.4, 0.5) is 4.79 Å². The van der Waals surface area contributed by atoms with Crippen molar-refractivity contribution in [2.45, 2.75) is 32.0 Å². The van der Waals surface area contributed by atoms with E-state index in [2.05, 4.69) is 10.6 Å². The number of carbonyl (C=O) groups is 2. The van der Waals surface area contributed by atoms with Gasteiger partial charge in [-0.15, -0.1) is 0 Å². The van der Waals surface area contributed by atoms with E-state index in [0.717, 1.165) is 12.0 Å². The van der Waals surface area contributed by atoms with Crippen molar-refractivity contribution >= 4 is 12.0 Å². The van der Waals surface area contributed by atoms with Gasteiger partial charge in [-0.2, -0.15) is 0 Å². The maximum atomic E-state index is 11.9. The maximum absolute atomic E-state index is 11.9. The molecule has 1 radical (unpaired) electrons. The molecule has 21 heavy (non-hydrogen) atoms. The lowest BCUT2D eigenvalue weighted by Crippen LogP contribution is -2.47. The molecule has 2 amide bonds. The number of amides is 2. The van der Waals surface area contributed by atoms with Gasteiger partial charge in [-0.25, -0.2) is 4.79 Å². The molecule has 1 aliphatic rings. The lowest BCUT2D eigenvalue weighted by molar-refractivity contribution is -0.123. The summed E-state index contributed by atoms with van der Waals surface area (Å²) in [5, 5.41) is 5.26. The van der Waals surface area contributed by atoms with Crippen molar-refractivity contribution in [1.29, 1.82) is 0 Å². The van der Waals surface area contributed by atoms with Gasteiger partial charge >= 0.3 is 6.09 Å². The molecule has 2 rings (SSSR count). The molecule has 6 nitrogen and oxygen atoms in total. The molecule has 1 aliphatic heterocycles. The second kappa shape index (κ2) is 7.64. The quantitative estimate of drug-likeness (QED) is 0.859. The van der Waals surface area contributed by atoms with Gasteiger partial charge in [0.2, 0.25) is 5.91 Å². The van der Waals surface area contributed by atoms with Gasteiger partial charge in [0.15, 0.2) is 0 Å². The molecule has 0 spiro atoms. The predicted molar refractivity (Wildman–Crippen MR) is 76.0 cm³/mol. The zero-order chi connectivity index (χ0) is 15.1. The molecule has 2 N–H and O–H groups in total. The highest BCUT2D eigenvalue weighted by molar-refractivity contribution is 5.85. The zero-order valence-electron chi connectivity index (χ0n) is 11.9. The van der Waals surface area contributed by atoms with E-state index in [1.807, 2.05) is 30.3 Å². The fourth-order valence-electron chi connectivity index (χ4n) is 1.87. The summed E-state index contributed by atoms with van der Waals surface area (Å²) >= 11 is 0. The molecule has 2 atom stereocenters. The Kier molecular flexibility index (Phi) is 5.57.